The minimum Gasteiger partial charge on any atom is -0.354 e. The van der Waals surface area contributed by atoms with Crippen LogP contribution in [-0.2, 0) is 9.59 Å². The van der Waals surface area contributed by atoms with Crippen LogP contribution in [0.2, 0.25) is 0 Å². The molecule has 100 valence electrons. The van der Waals surface area contributed by atoms with Crippen molar-refractivity contribution in [2.75, 3.05) is 27.2 Å². The number of hydrogen-bond acceptors (Lipinski definition) is 3. The summed E-state index contributed by atoms with van der Waals surface area (Å²) in [6.07, 6.45) is 1.47. The van der Waals surface area contributed by atoms with Gasteiger partial charge in [0.25, 0.3) is 0 Å². The topological polar surface area (TPSA) is 61.4 Å². The zero-order valence-electron chi connectivity index (χ0n) is 11.4. The van der Waals surface area contributed by atoms with E-state index in [0.29, 0.717) is 25.8 Å². The van der Waals surface area contributed by atoms with E-state index < -0.39 is 0 Å². The fourth-order valence-electron chi connectivity index (χ4n) is 1.39. The first-order chi connectivity index (χ1) is 7.97. The second-order valence-electron chi connectivity index (χ2n) is 4.49. The van der Waals surface area contributed by atoms with Gasteiger partial charge in [0.1, 0.15) is 0 Å². The predicted molar refractivity (Wildman–Crippen MR) is 68.7 cm³/mol. The van der Waals surface area contributed by atoms with Gasteiger partial charge in [0.15, 0.2) is 0 Å². The van der Waals surface area contributed by atoms with Crippen LogP contribution < -0.4 is 10.6 Å². The standard InChI is InChI=1S/C12H25N3O2/c1-10(2)14-11(16)6-5-7-12(17)15(4)9-8-13-3/h10,13H,5-9H2,1-4H3,(H,14,16). The number of likely N-dealkylation sites (N-methyl/N-ethyl adjacent to an activating group) is 2. The van der Waals surface area contributed by atoms with E-state index in [-0.39, 0.29) is 17.9 Å². The molecule has 0 radical (unpaired) electrons. The summed E-state index contributed by atoms with van der Waals surface area (Å²) < 4.78 is 0. The van der Waals surface area contributed by atoms with Gasteiger partial charge in [0, 0.05) is 39.0 Å². The fourth-order valence-corrected chi connectivity index (χ4v) is 1.39. The summed E-state index contributed by atoms with van der Waals surface area (Å²) in [4.78, 5) is 24.6. The van der Waals surface area contributed by atoms with Crippen molar-refractivity contribution in [3.63, 3.8) is 0 Å². The monoisotopic (exact) mass is 243 g/mol. The minimum atomic E-state index is 0.0191. The van der Waals surface area contributed by atoms with Crippen molar-refractivity contribution in [1.82, 2.24) is 15.5 Å². The van der Waals surface area contributed by atoms with Gasteiger partial charge in [-0.05, 0) is 27.3 Å². The van der Waals surface area contributed by atoms with Crippen molar-refractivity contribution >= 4 is 11.8 Å². The Balaban J connectivity index is 3.66. The van der Waals surface area contributed by atoms with E-state index in [9.17, 15) is 9.59 Å². The third-order valence-electron chi connectivity index (χ3n) is 2.37. The normalized spacial score (nSPS) is 10.4. The van der Waals surface area contributed by atoms with Crippen LogP contribution in [-0.4, -0.2) is 49.9 Å². The van der Waals surface area contributed by atoms with Crippen molar-refractivity contribution in [3.8, 4) is 0 Å². The second-order valence-corrected chi connectivity index (χ2v) is 4.49. The highest BCUT2D eigenvalue weighted by Gasteiger charge is 2.09. The van der Waals surface area contributed by atoms with Gasteiger partial charge in [0.2, 0.25) is 11.8 Å². The Morgan fingerprint density at radius 1 is 1.24 bits per heavy atom. The summed E-state index contributed by atoms with van der Waals surface area (Å²) in [7, 11) is 3.64. The van der Waals surface area contributed by atoms with E-state index in [1.807, 2.05) is 20.9 Å². The van der Waals surface area contributed by atoms with Crippen molar-refractivity contribution < 1.29 is 9.59 Å². The van der Waals surface area contributed by atoms with Crippen molar-refractivity contribution in [2.45, 2.75) is 39.2 Å². The zero-order valence-corrected chi connectivity index (χ0v) is 11.4. The highest BCUT2D eigenvalue weighted by Crippen LogP contribution is 1.99. The quantitative estimate of drug-likeness (QED) is 0.647. The summed E-state index contributed by atoms with van der Waals surface area (Å²) >= 11 is 0. The number of carbonyl (C=O) groups excluding carboxylic acids is 2. The number of amides is 2. The Hall–Kier alpha value is -1.10. The molecule has 0 spiro atoms. The van der Waals surface area contributed by atoms with Crippen molar-refractivity contribution in [2.24, 2.45) is 0 Å². The molecule has 5 nitrogen and oxygen atoms in total. The molecule has 17 heavy (non-hydrogen) atoms. The molecule has 0 bridgehead atoms. The average molecular weight is 243 g/mol. The Labute approximate surface area is 104 Å². The van der Waals surface area contributed by atoms with Crippen LogP contribution in [0.3, 0.4) is 0 Å². The average Bonchev–Trinajstić information content (AvgIpc) is 2.24. The van der Waals surface area contributed by atoms with Crippen LogP contribution in [0.15, 0.2) is 0 Å². The molecule has 2 N–H and O–H groups in total. The van der Waals surface area contributed by atoms with Gasteiger partial charge < -0.3 is 15.5 Å². The lowest BCUT2D eigenvalue weighted by Gasteiger charge is -2.16. The Morgan fingerprint density at radius 3 is 2.41 bits per heavy atom. The van der Waals surface area contributed by atoms with Gasteiger partial charge in [0.05, 0.1) is 0 Å². The lowest BCUT2D eigenvalue weighted by atomic mass is 10.2. The van der Waals surface area contributed by atoms with E-state index in [1.165, 1.54) is 0 Å². The van der Waals surface area contributed by atoms with E-state index in [2.05, 4.69) is 10.6 Å². The first-order valence-corrected chi connectivity index (χ1v) is 6.15. The fraction of sp³-hybridized carbons (Fsp3) is 0.833. The second kappa shape index (κ2) is 8.98. The van der Waals surface area contributed by atoms with E-state index in [4.69, 9.17) is 0 Å². The summed E-state index contributed by atoms with van der Waals surface area (Å²) in [5.74, 6) is 0.114. The molecule has 2 amide bonds. The number of nitrogens with zero attached hydrogens (tertiary/aromatic N) is 1. The molecule has 0 aromatic carbocycles. The molecule has 0 aromatic rings. The molecule has 0 heterocycles. The first-order valence-electron chi connectivity index (χ1n) is 6.15. The largest absolute Gasteiger partial charge is 0.354 e. The SMILES string of the molecule is CNCCN(C)C(=O)CCCC(=O)NC(C)C. The van der Waals surface area contributed by atoms with E-state index in [1.54, 1.807) is 11.9 Å². The number of carbonyl (C=O) groups is 2. The van der Waals surface area contributed by atoms with Gasteiger partial charge in [-0.15, -0.1) is 0 Å². The lowest BCUT2D eigenvalue weighted by Crippen LogP contribution is -2.33. The summed E-state index contributed by atoms with van der Waals surface area (Å²) in [6, 6.07) is 0.163. The molecule has 0 fully saturated rings. The summed E-state index contributed by atoms with van der Waals surface area (Å²) in [6.45, 7) is 5.34. The molecule has 0 atom stereocenters. The maximum Gasteiger partial charge on any atom is 0.222 e. The third kappa shape index (κ3) is 8.68. The molecule has 0 aliphatic rings. The Kier molecular flexibility index (Phi) is 8.40. The number of hydrogen-bond donors (Lipinski definition) is 2. The van der Waals surface area contributed by atoms with Crippen LogP contribution in [0.1, 0.15) is 33.1 Å². The molecule has 0 saturated carbocycles. The van der Waals surface area contributed by atoms with Gasteiger partial charge in [-0.2, -0.15) is 0 Å². The molecule has 0 aromatic heterocycles. The zero-order chi connectivity index (χ0) is 13.3. The first kappa shape index (κ1) is 15.9. The lowest BCUT2D eigenvalue weighted by molar-refractivity contribution is -0.130. The van der Waals surface area contributed by atoms with Gasteiger partial charge in [-0.1, -0.05) is 0 Å². The molecular formula is C12H25N3O2. The molecule has 0 rings (SSSR count). The van der Waals surface area contributed by atoms with Crippen molar-refractivity contribution in [1.29, 1.82) is 0 Å². The number of nitrogens with one attached hydrogen (secondary N) is 2. The number of rotatable bonds is 8. The molecule has 0 unspecified atom stereocenters. The highest BCUT2D eigenvalue weighted by molar-refractivity contribution is 5.78. The summed E-state index contributed by atoms with van der Waals surface area (Å²) in [5.41, 5.74) is 0. The highest BCUT2D eigenvalue weighted by atomic mass is 16.2. The third-order valence-corrected chi connectivity index (χ3v) is 2.37. The smallest absolute Gasteiger partial charge is 0.222 e. The van der Waals surface area contributed by atoms with Crippen LogP contribution in [0.4, 0.5) is 0 Å². The Morgan fingerprint density at radius 2 is 1.88 bits per heavy atom. The van der Waals surface area contributed by atoms with E-state index >= 15 is 0 Å². The van der Waals surface area contributed by atoms with Gasteiger partial charge in [-0.25, -0.2) is 0 Å². The molecule has 0 aliphatic carbocycles. The van der Waals surface area contributed by atoms with Gasteiger partial charge >= 0.3 is 0 Å². The van der Waals surface area contributed by atoms with Crippen LogP contribution in [0, 0.1) is 0 Å². The Bertz CT molecular complexity index is 242. The maximum atomic E-state index is 11.6. The van der Waals surface area contributed by atoms with Crippen LogP contribution in [0.5, 0.6) is 0 Å². The minimum absolute atomic E-state index is 0.0191. The predicted octanol–water partition coefficient (Wildman–Crippen LogP) is 0.359. The summed E-state index contributed by atoms with van der Waals surface area (Å²) in [5, 5.41) is 5.80. The van der Waals surface area contributed by atoms with Crippen molar-refractivity contribution in [3.05, 3.63) is 0 Å². The van der Waals surface area contributed by atoms with Crippen LogP contribution >= 0.6 is 0 Å². The molecule has 0 aliphatic heterocycles. The van der Waals surface area contributed by atoms with Gasteiger partial charge in [-0.3, -0.25) is 9.59 Å². The molecule has 0 saturated heterocycles. The van der Waals surface area contributed by atoms with Crippen LogP contribution in [0.25, 0.3) is 0 Å². The molecular weight excluding hydrogens is 218 g/mol. The van der Waals surface area contributed by atoms with E-state index in [0.717, 1.165) is 6.54 Å². The maximum absolute atomic E-state index is 11.6. The molecule has 5 heteroatoms.